The van der Waals surface area contributed by atoms with Crippen LogP contribution in [-0.2, 0) is 16.6 Å². The third-order valence-corrected chi connectivity index (χ3v) is 5.20. The van der Waals surface area contributed by atoms with Crippen LogP contribution in [0, 0.1) is 5.82 Å². The summed E-state index contributed by atoms with van der Waals surface area (Å²) >= 11 is 0. The minimum Gasteiger partial charge on any atom is -0.338 e. The van der Waals surface area contributed by atoms with Gasteiger partial charge in [0.1, 0.15) is 5.82 Å². The summed E-state index contributed by atoms with van der Waals surface area (Å²) in [5, 5.41) is 3.85. The van der Waals surface area contributed by atoms with E-state index >= 15 is 0 Å². The first-order valence-corrected chi connectivity index (χ1v) is 8.51. The summed E-state index contributed by atoms with van der Waals surface area (Å²) < 4.78 is 44.0. The highest BCUT2D eigenvalue weighted by Crippen LogP contribution is 2.19. The first-order valence-electron chi connectivity index (χ1n) is 7.07. The average Bonchev–Trinajstić information content (AvgIpc) is 3.04. The molecule has 0 spiro atoms. The molecule has 0 atom stereocenters. The van der Waals surface area contributed by atoms with Crippen LogP contribution in [0.4, 0.5) is 4.39 Å². The van der Waals surface area contributed by atoms with Crippen LogP contribution in [0.1, 0.15) is 5.89 Å². The van der Waals surface area contributed by atoms with E-state index in [0.29, 0.717) is 5.82 Å². The molecule has 1 aromatic heterocycles. The van der Waals surface area contributed by atoms with Crippen molar-refractivity contribution < 1.29 is 17.3 Å². The lowest BCUT2D eigenvalue weighted by Crippen LogP contribution is -2.26. The summed E-state index contributed by atoms with van der Waals surface area (Å²) in [6.45, 7) is -0.0838. The molecule has 2 aromatic carbocycles. The van der Waals surface area contributed by atoms with Crippen LogP contribution in [0.25, 0.3) is 11.4 Å². The lowest BCUT2D eigenvalue weighted by atomic mass is 10.2. The highest BCUT2D eigenvalue weighted by atomic mass is 32.2. The predicted octanol–water partition coefficient (Wildman–Crippen LogP) is 2.70. The second-order valence-corrected chi connectivity index (χ2v) is 7.14. The zero-order valence-corrected chi connectivity index (χ0v) is 13.6. The smallest absolute Gasteiger partial charge is 0.243 e. The Hall–Kier alpha value is -2.58. The molecular formula is C16H14FN3O3S. The summed E-state index contributed by atoms with van der Waals surface area (Å²) in [6, 6.07) is 13.8. The number of benzene rings is 2. The molecule has 0 fully saturated rings. The molecule has 0 aliphatic rings. The van der Waals surface area contributed by atoms with Crippen LogP contribution < -0.4 is 0 Å². The molecule has 0 aliphatic heterocycles. The minimum atomic E-state index is -3.77. The normalized spacial score (nSPS) is 11.8. The SMILES string of the molecule is CN(Cc1nc(-c2ccccc2)no1)S(=O)(=O)c1ccc(F)cc1. The summed E-state index contributed by atoms with van der Waals surface area (Å²) in [4.78, 5) is 4.19. The zero-order chi connectivity index (χ0) is 17.2. The van der Waals surface area contributed by atoms with E-state index in [0.717, 1.165) is 22.0 Å². The number of halogens is 1. The summed E-state index contributed by atoms with van der Waals surface area (Å²) in [7, 11) is -2.38. The summed E-state index contributed by atoms with van der Waals surface area (Å²) in [5.41, 5.74) is 0.775. The van der Waals surface area contributed by atoms with E-state index in [1.165, 1.54) is 19.2 Å². The van der Waals surface area contributed by atoms with E-state index in [2.05, 4.69) is 10.1 Å². The molecule has 0 aliphatic carbocycles. The van der Waals surface area contributed by atoms with Crippen molar-refractivity contribution in [1.29, 1.82) is 0 Å². The lowest BCUT2D eigenvalue weighted by molar-refractivity contribution is 0.336. The van der Waals surface area contributed by atoms with E-state index in [1.54, 1.807) is 0 Å². The molecule has 0 radical (unpaired) electrons. The van der Waals surface area contributed by atoms with E-state index in [1.807, 2.05) is 30.3 Å². The third-order valence-electron chi connectivity index (χ3n) is 3.38. The Bertz CT molecular complexity index is 925. The molecule has 0 N–H and O–H groups in total. The van der Waals surface area contributed by atoms with Crippen LogP contribution in [0.5, 0.6) is 0 Å². The van der Waals surface area contributed by atoms with Gasteiger partial charge in [-0.25, -0.2) is 12.8 Å². The maximum Gasteiger partial charge on any atom is 0.243 e. The number of hydrogen-bond donors (Lipinski definition) is 0. The van der Waals surface area contributed by atoms with E-state index in [-0.39, 0.29) is 17.3 Å². The first-order chi connectivity index (χ1) is 11.5. The molecular weight excluding hydrogens is 333 g/mol. The van der Waals surface area contributed by atoms with Gasteiger partial charge in [-0.05, 0) is 24.3 Å². The molecule has 6 nitrogen and oxygen atoms in total. The standard InChI is InChI=1S/C16H14FN3O3S/c1-20(24(21,22)14-9-7-13(17)8-10-14)11-15-18-16(19-23-15)12-5-3-2-4-6-12/h2-10H,11H2,1H3. The fraction of sp³-hybridized carbons (Fsp3) is 0.125. The highest BCUT2D eigenvalue weighted by Gasteiger charge is 2.23. The molecule has 0 bridgehead atoms. The number of hydrogen-bond acceptors (Lipinski definition) is 5. The van der Waals surface area contributed by atoms with Gasteiger partial charge in [-0.1, -0.05) is 35.5 Å². The average molecular weight is 347 g/mol. The van der Waals surface area contributed by atoms with Gasteiger partial charge >= 0.3 is 0 Å². The molecule has 0 amide bonds. The Balaban J connectivity index is 1.78. The van der Waals surface area contributed by atoms with Gasteiger partial charge in [0.15, 0.2) is 0 Å². The number of sulfonamides is 1. The minimum absolute atomic E-state index is 0.00537. The predicted molar refractivity (Wildman–Crippen MR) is 84.8 cm³/mol. The fourth-order valence-electron chi connectivity index (χ4n) is 2.09. The Morgan fingerprint density at radius 1 is 1.08 bits per heavy atom. The van der Waals surface area contributed by atoms with Gasteiger partial charge in [-0.3, -0.25) is 0 Å². The summed E-state index contributed by atoms with van der Waals surface area (Å²) in [5.74, 6) is 0.0567. The second kappa shape index (κ2) is 6.50. The van der Waals surface area contributed by atoms with Crippen molar-refractivity contribution >= 4 is 10.0 Å². The number of nitrogens with zero attached hydrogens (tertiary/aromatic N) is 3. The van der Waals surface area contributed by atoms with Crippen LogP contribution in [0.3, 0.4) is 0 Å². The molecule has 0 unspecified atom stereocenters. The van der Waals surface area contributed by atoms with Crippen molar-refractivity contribution in [2.24, 2.45) is 0 Å². The zero-order valence-electron chi connectivity index (χ0n) is 12.8. The van der Waals surface area contributed by atoms with Crippen LogP contribution in [0.2, 0.25) is 0 Å². The van der Waals surface area contributed by atoms with E-state index < -0.39 is 15.8 Å². The fourth-order valence-corrected chi connectivity index (χ4v) is 3.21. The van der Waals surface area contributed by atoms with E-state index in [9.17, 15) is 12.8 Å². The number of aromatic nitrogens is 2. The Labute approximate surface area is 138 Å². The third kappa shape index (κ3) is 3.34. The van der Waals surface area contributed by atoms with Crippen LogP contribution >= 0.6 is 0 Å². The first kappa shape index (κ1) is 16.3. The monoisotopic (exact) mass is 347 g/mol. The van der Waals surface area contributed by atoms with Gasteiger partial charge in [0.25, 0.3) is 0 Å². The van der Waals surface area contributed by atoms with Gasteiger partial charge in [-0.15, -0.1) is 0 Å². The largest absolute Gasteiger partial charge is 0.338 e. The maximum atomic E-state index is 12.9. The maximum absolute atomic E-state index is 12.9. The summed E-state index contributed by atoms with van der Waals surface area (Å²) in [6.07, 6.45) is 0. The molecule has 0 saturated carbocycles. The topological polar surface area (TPSA) is 76.3 Å². The van der Waals surface area contributed by atoms with E-state index in [4.69, 9.17) is 4.52 Å². The molecule has 1 heterocycles. The van der Waals surface area contributed by atoms with Crippen molar-refractivity contribution in [3.8, 4) is 11.4 Å². The van der Waals surface area contributed by atoms with Crippen molar-refractivity contribution in [2.45, 2.75) is 11.4 Å². The molecule has 0 saturated heterocycles. The van der Waals surface area contributed by atoms with Crippen LogP contribution in [0.15, 0.2) is 64.0 Å². The van der Waals surface area contributed by atoms with Crippen molar-refractivity contribution in [3.05, 3.63) is 66.3 Å². The quantitative estimate of drug-likeness (QED) is 0.709. The molecule has 3 aromatic rings. The Morgan fingerprint density at radius 3 is 2.42 bits per heavy atom. The Kier molecular flexibility index (Phi) is 4.41. The van der Waals surface area contributed by atoms with Crippen LogP contribution in [-0.4, -0.2) is 29.9 Å². The van der Waals surface area contributed by atoms with Crippen molar-refractivity contribution in [2.75, 3.05) is 7.05 Å². The van der Waals surface area contributed by atoms with Crippen molar-refractivity contribution in [3.63, 3.8) is 0 Å². The Morgan fingerprint density at radius 2 is 1.75 bits per heavy atom. The van der Waals surface area contributed by atoms with Crippen molar-refractivity contribution in [1.82, 2.24) is 14.4 Å². The molecule has 3 rings (SSSR count). The molecule has 24 heavy (non-hydrogen) atoms. The lowest BCUT2D eigenvalue weighted by Gasteiger charge is -2.14. The van der Waals surface area contributed by atoms with Gasteiger partial charge < -0.3 is 4.52 Å². The molecule has 8 heteroatoms. The van der Waals surface area contributed by atoms with Gasteiger partial charge in [0.2, 0.25) is 21.7 Å². The van der Waals surface area contributed by atoms with Gasteiger partial charge in [-0.2, -0.15) is 9.29 Å². The second-order valence-electron chi connectivity index (χ2n) is 5.09. The van der Waals surface area contributed by atoms with Gasteiger partial charge in [0.05, 0.1) is 11.4 Å². The highest BCUT2D eigenvalue weighted by molar-refractivity contribution is 7.89. The molecule has 124 valence electrons. The van der Waals surface area contributed by atoms with Gasteiger partial charge in [0, 0.05) is 12.6 Å². The number of rotatable bonds is 5.